The van der Waals surface area contributed by atoms with Crippen molar-refractivity contribution in [1.29, 1.82) is 0 Å². The van der Waals surface area contributed by atoms with E-state index in [0.717, 1.165) is 39.4 Å². The van der Waals surface area contributed by atoms with Gasteiger partial charge in [-0.25, -0.2) is 4.98 Å². The molecule has 0 unspecified atom stereocenters. The highest BCUT2D eigenvalue weighted by Gasteiger charge is 2.50. The summed E-state index contributed by atoms with van der Waals surface area (Å²) >= 11 is 1.76. The maximum absolute atomic E-state index is 5.73. The Morgan fingerprint density at radius 2 is 2.50 bits per heavy atom. The molecule has 2 saturated heterocycles. The maximum atomic E-state index is 5.73. The molecule has 100 valence electrons. The lowest BCUT2D eigenvalue weighted by atomic mass is 9.81. The topological polar surface area (TPSA) is 28.6 Å². The molecule has 0 N–H and O–H groups in total. The summed E-state index contributed by atoms with van der Waals surface area (Å²) in [5.41, 5.74) is 0.348. The molecule has 3 rings (SSSR count). The minimum atomic E-state index is 0.348. The average molecular weight is 267 g/mol. The third-order valence-electron chi connectivity index (χ3n) is 4.07. The second-order valence-electron chi connectivity index (χ2n) is 5.91. The number of thiazole rings is 1. The first-order chi connectivity index (χ1) is 8.68. The zero-order chi connectivity index (χ0) is 12.6. The van der Waals surface area contributed by atoms with E-state index in [4.69, 9.17) is 4.74 Å². The van der Waals surface area contributed by atoms with Gasteiger partial charge in [-0.05, 0) is 14.1 Å². The van der Waals surface area contributed by atoms with Gasteiger partial charge in [0, 0.05) is 42.5 Å². The second kappa shape index (κ2) is 4.89. The molecule has 18 heavy (non-hydrogen) atoms. The van der Waals surface area contributed by atoms with Gasteiger partial charge in [0.2, 0.25) is 0 Å². The van der Waals surface area contributed by atoms with E-state index in [-0.39, 0.29) is 0 Å². The van der Waals surface area contributed by atoms with Gasteiger partial charge in [0.25, 0.3) is 0 Å². The van der Waals surface area contributed by atoms with E-state index in [0.29, 0.717) is 11.3 Å². The molecule has 0 aliphatic carbocycles. The van der Waals surface area contributed by atoms with Gasteiger partial charge in [0.05, 0.1) is 19.8 Å². The van der Waals surface area contributed by atoms with E-state index in [1.165, 1.54) is 5.01 Å². The van der Waals surface area contributed by atoms with E-state index in [9.17, 15) is 0 Å². The Morgan fingerprint density at radius 1 is 1.61 bits per heavy atom. The van der Waals surface area contributed by atoms with E-state index in [1.807, 2.05) is 6.20 Å². The molecule has 2 atom stereocenters. The second-order valence-corrected chi connectivity index (χ2v) is 6.89. The largest absolute Gasteiger partial charge is 0.380 e. The van der Waals surface area contributed by atoms with Crippen molar-refractivity contribution in [3.63, 3.8) is 0 Å². The van der Waals surface area contributed by atoms with Crippen LogP contribution in [0.2, 0.25) is 0 Å². The van der Waals surface area contributed by atoms with Crippen LogP contribution in [0.1, 0.15) is 5.01 Å². The molecular formula is C13H21N3OS. The van der Waals surface area contributed by atoms with Gasteiger partial charge in [-0.2, -0.15) is 0 Å². The summed E-state index contributed by atoms with van der Waals surface area (Å²) in [5, 5.41) is 3.29. The van der Waals surface area contributed by atoms with Crippen LogP contribution in [0.25, 0.3) is 0 Å². The summed E-state index contributed by atoms with van der Waals surface area (Å²) in [6.45, 7) is 6.30. The molecule has 2 aliphatic heterocycles. The van der Waals surface area contributed by atoms with Crippen LogP contribution in [0.4, 0.5) is 0 Å². The molecule has 5 heteroatoms. The first kappa shape index (κ1) is 12.5. The highest BCUT2D eigenvalue weighted by molar-refractivity contribution is 7.09. The van der Waals surface area contributed by atoms with Gasteiger partial charge in [-0.15, -0.1) is 11.3 Å². The number of aromatic nitrogens is 1. The van der Waals surface area contributed by atoms with Gasteiger partial charge in [0.15, 0.2) is 0 Å². The highest BCUT2D eigenvalue weighted by atomic mass is 32.1. The smallest absolute Gasteiger partial charge is 0.107 e. The monoisotopic (exact) mass is 267 g/mol. The lowest BCUT2D eigenvalue weighted by Gasteiger charge is -2.30. The van der Waals surface area contributed by atoms with Crippen LogP contribution in [0.15, 0.2) is 11.6 Å². The van der Waals surface area contributed by atoms with Crippen molar-refractivity contribution in [1.82, 2.24) is 14.8 Å². The van der Waals surface area contributed by atoms with E-state index in [2.05, 4.69) is 34.3 Å². The molecule has 3 heterocycles. The van der Waals surface area contributed by atoms with Crippen molar-refractivity contribution in [2.24, 2.45) is 11.3 Å². The summed E-state index contributed by atoms with van der Waals surface area (Å²) in [7, 11) is 4.32. The Labute approximate surface area is 113 Å². The van der Waals surface area contributed by atoms with Crippen LogP contribution in [-0.2, 0) is 11.3 Å². The maximum Gasteiger partial charge on any atom is 0.107 e. The number of ether oxygens (including phenoxy) is 1. The van der Waals surface area contributed by atoms with Crippen molar-refractivity contribution in [3.8, 4) is 0 Å². The average Bonchev–Trinajstić information content (AvgIpc) is 2.93. The Morgan fingerprint density at radius 3 is 3.22 bits per heavy atom. The molecule has 2 fully saturated rings. The minimum absolute atomic E-state index is 0.348. The molecule has 2 aliphatic rings. The summed E-state index contributed by atoms with van der Waals surface area (Å²) in [4.78, 5) is 9.24. The number of fused-ring (bicyclic) bond motifs is 1. The molecule has 0 aromatic carbocycles. The number of likely N-dealkylation sites (tertiary alicyclic amines) is 1. The molecular weight excluding hydrogens is 246 g/mol. The van der Waals surface area contributed by atoms with Crippen molar-refractivity contribution in [3.05, 3.63) is 16.6 Å². The summed E-state index contributed by atoms with van der Waals surface area (Å²) < 4.78 is 5.73. The van der Waals surface area contributed by atoms with E-state index < -0.39 is 0 Å². The number of hydrogen-bond acceptors (Lipinski definition) is 5. The normalized spacial score (nSPS) is 32.3. The van der Waals surface area contributed by atoms with Crippen LogP contribution >= 0.6 is 11.3 Å². The molecule has 0 bridgehead atoms. The fraction of sp³-hybridized carbons (Fsp3) is 0.769. The van der Waals surface area contributed by atoms with Crippen LogP contribution in [0, 0.1) is 11.3 Å². The van der Waals surface area contributed by atoms with Crippen molar-refractivity contribution in [2.75, 3.05) is 46.9 Å². The third kappa shape index (κ3) is 2.32. The van der Waals surface area contributed by atoms with E-state index in [1.54, 1.807) is 11.3 Å². The molecule has 0 radical (unpaired) electrons. The fourth-order valence-corrected chi connectivity index (χ4v) is 4.10. The first-order valence-electron chi connectivity index (χ1n) is 6.51. The number of rotatable bonds is 4. The SMILES string of the molecule is CN(C)C[C@]12COC[C@H]1CN(Cc1nccs1)C2. The fourth-order valence-electron chi connectivity index (χ4n) is 3.44. The molecule has 1 aromatic rings. The third-order valence-corrected chi connectivity index (χ3v) is 4.83. The Balaban J connectivity index is 1.68. The Hall–Kier alpha value is -0.490. The lowest BCUT2D eigenvalue weighted by molar-refractivity contribution is 0.109. The van der Waals surface area contributed by atoms with Crippen molar-refractivity contribution in [2.45, 2.75) is 6.54 Å². The van der Waals surface area contributed by atoms with Gasteiger partial charge in [-0.3, -0.25) is 4.90 Å². The number of hydrogen-bond donors (Lipinski definition) is 0. The van der Waals surface area contributed by atoms with Gasteiger partial charge < -0.3 is 9.64 Å². The molecule has 0 saturated carbocycles. The molecule has 0 amide bonds. The highest BCUT2D eigenvalue weighted by Crippen LogP contribution is 2.42. The predicted molar refractivity (Wildman–Crippen MR) is 72.7 cm³/mol. The Kier molecular flexibility index (Phi) is 3.40. The first-order valence-corrected chi connectivity index (χ1v) is 7.39. The van der Waals surface area contributed by atoms with Crippen LogP contribution < -0.4 is 0 Å². The summed E-state index contributed by atoms with van der Waals surface area (Å²) in [5.74, 6) is 0.694. The van der Waals surface area contributed by atoms with Gasteiger partial charge in [-0.1, -0.05) is 0 Å². The molecule has 4 nitrogen and oxygen atoms in total. The minimum Gasteiger partial charge on any atom is -0.380 e. The standard InChI is InChI=1S/C13H21N3OS/c1-15(2)8-13-9-16(5-11(13)7-17-10-13)6-12-14-3-4-18-12/h3-4,11H,5-10H2,1-2H3/t11-,13+/m1/s1. The zero-order valence-electron chi connectivity index (χ0n) is 11.1. The van der Waals surface area contributed by atoms with Gasteiger partial charge >= 0.3 is 0 Å². The van der Waals surface area contributed by atoms with Crippen molar-refractivity contribution < 1.29 is 4.74 Å². The lowest BCUT2D eigenvalue weighted by Crippen LogP contribution is -2.40. The van der Waals surface area contributed by atoms with Crippen LogP contribution in [0.5, 0.6) is 0 Å². The predicted octanol–water partition coefficient (Wildman–Crippen LogP) is 1.15. The molecule has 1 aromatic heterocycles. The van der Waals surface area contributed by atoms with Crippen LogP contribution in [0.3, 0.4) is 0 Å². The van der Waals surface area contributed by atoms with Gasteiger partial charge in [0.1, 0.15) is 5.01 Å². The quantitative estimate of drug-likeness (QED) is 0.818. The Bertz CT molecular complexity index is 395. The molecule has 0 spiro atoms. The zero-order valence-corrected chi connectivity index (χ0v) is 11.9. The van der Waals surface area contributed by atoms with Crippen LogP contribution in [-0.4, -0.2) is 61.7 Å². The summed E-state index contributed by atoms with van der Waals surface area (Å²) in [6, 6.07) is 0. The number of nitrogens with zero attached hydrogens (tertiary/aromatic N) is 3. The summed E-state index contributed by atoms with van der Waals surface area (Å²) in [6.07, 6.45) is 1.90. The van der Waals surface area contributed by atoms with Crippen molar-refractivity contribution >= 4 is 11.3 Å². The van der Waals surface area contributed by atoms with E-state index >= 15 is 0 Å².